The molecule has 1 aromatic rings. The first kappa shape index (κ1) is 14.5. The van der Waals surface area contributed by atoms with Gasteiger partial charge in [-0.3, -0.25) is 0 Å². The summed E-state index contributed by atoms with van der Waals surface area (Å²) in [6, 6.07) is 3.96. The number of urea groups is 1. The Labute approximate surface area is 114 Å². The molecule has 2 amide bonds. The lowest BCUT2D eigenvalue weighted by Crippen LogP contribution is -2.42. The number of carboxylic acid groups (broad SMARTS) is 1. The molecule has 0 fully saturated rings. The number of rotatable bonds is 4. The first-order valence-electron chi connectivity index (χ1n) is 5.50. The van der Waals surface area contributed by atoms with Gasteiger partial charge < -0.3 is 15.7 Å². The van der Waals surface area contributed by atoms with E-state index in [2.05, 4.69) is 26.6 Å². The molecule has 6 heteroatoms. The van der Waals surface area contributed by atoms with Gasteiger partial charge in [-0.05, 0) is 31.0 Å². The van der Waals surface area contributed by atoms with Gasteiger partial charge in [-0.2, -0.15) is 0 Å². The molecule has 5 nitrogen and oxygen atoms in total. The van der Waals surface area contributed by atoms with E-state index >= 15 is 0 Å². The van der Waals surface area contributed by atoms with Gasteiger partial charge in [0.05, 0.1) is 0 Å². The van der Waals surface area contributed by atoms with Gasteiger partial charge in [-0.15, -0.1) is 0 Å². The van der Waals surface area contributed by atoms with Gasteiger partial charge in [0.1, 0.15) is 6.04 Å². The molecule has 0 aliphatic carbocycles. The number of carbonyl (C=O) groups excluding carboxylic acids is 1. The van der Waals surface area contributed by atoms with Crippen LogP contribution in [0.25, 0.3) is 0 Å². The van der Waals surface area contributed by atoms with Crippen molar-refractivity contribution in [2.45, 2.75) is 26.3 Å². The van der Waals surface area contributed by atoms with Gasteiger partial charge in [0.25, 0.3) is 0 Å². The number of halogens is 1. The van der Waals surface area contributed by atoms with Gasteiger partial charge in [-0.1, -0.05) is 28.9 Å². The maximum Gasteiger partial charge on any atom is 0.326 e. The minimum absolute atomic E-state index is 0.334. The highest BCUT2D eigenvalue weighted by Gasteiger charge is 2.17. The summed E-state index contributed by atoms with van der Waals surface area (Å²) in [7, 11) is 0. The molecule has 1 atom stereocenters. The van der Waals surface area contributed by atoms with Gasteiger partial charge in [0, 0.05) is 10.2 Å². The summed E-state index contributed by atoms with van der Waals surface area (Å²) in [5.41, 5.74) is 1.66. The summed E-state index contributed by atoms with van der Waals surface area (Å²) in [6.07, 6.45) is 0.334. The molecular formula is C12H15BrN2O3. The Morgan fingerprint density at radius 2 is 2.11 bits per heavy atom. The zero-order valence-electron chi connectivity index (χ0n) is 10.2. The van der Waals surface area contributed by atoms with Crippen LogP contribution in [-0.4, -0.2) is 23.1 Å². The summed E-state index contributed by atoms with van der Waals surface area (Å²) >= 11 is 3.36. The Bertz CT molecular complexity index is 463. The molecule has 0 radical (unpaired) electrons. The second-order valence-corrected chi connectivity index (χ2v) is 4.72. The Morgan fingerprint density at radius 1 is 1.44 bits per heavy atom. The quantitative estimate of drug-likeness (QED) is 0.799. The molecule has 1 aromatic carbocycles. The second-order valence-electron chi connectivity index (χ2n) is 3.86. The van der Waals surface area contributed by atoms with Crippen LogP contribution < -0.4 is 10.6 Å². The monoisotopic (exact) mass is 314 g/mol. The summed E-state index contributed by atoms with van der Waals surface area (Å²) in [6.45, 7) is 3.63. The number of amides is 2. The molecule has 0 saturated carbocycles. The third-order valence-electron chi connectivity index (χ3n) is 2.44. The van der Waals surface area contributed by atoms with Crippen molar-refractivity contribution in [2.24, 2.45) is 0 Å². The third-order valence-corrected chi connectivity index (χ3v) is 3.30. The van der Waals surface area contributed by atoms with E-state index in [4.69, 9.17) is 5.11 Å². The zero-order valence-corrected chi connectivity index (χ0v) is 11.7. The lowest BCUT2D eigenvalue weighted by Gasteiger charge is -2.13. The molecule has 0 aromatic heterocycles. The van der Waals surface area contributed by atoms with Crippen LogP contribution >= 0.6 is 15.9 Å². The largest absolute Gasteiger partial charge is 0.480 e. The highest BCUT2D eigenvalue weighted by Crippen LogP contribution is 2.20. The number of carbonyl (C=O) groups is 2. The van der Waals surface area contributed by atoms with E-state index in [-0.39, 0.29) is 0 Å². The van der Waals surface area contributed by atoms with Crippen LogP contribution in [0.2, 0.25) is 0 Å². The Morgan fingerprint density at radius 3 is 2.61 bits per heavy atom. The van der Waals surface area contributed by atoms with Crippen LogP contribution in [0.5, 0.6) is 0 Å². The summed E-state index contributed by atoms with van der Waals surface area (Å²) in [5, 5.41) is 13.8. The van der Waals surface area contributed by atoms with Crippen LogP contribution in [0.15, 0.2) is 22.7 Å². The average molecular weight is 315 g/mol. The SMILES string of the molecule is CC[C@H](NC(=O)Nc1ccc(C)c(Br)c1)C(=O)O. The Balaban J connectivity index is 2.64. The van der Waals surface area contributed by atoms with Gasteiger partial charge in [0.2, 0.25) is 0 Å². The van der Waals surface area contributed by atoms with Crippen LogP contribution in [0.3, 0.4) is 0 Å². The smallest absolute Gasteiger partial charge is 0.326 e. The van der Waals surface area contributed by atoms with Crippen molar-refractivity contribution in [1.29, 1.82) is 0 Å². The van der Waals surface area contributed by atoms with Crippen molar-refractivity contribution >= 4 is 33.6 Å². The number of anilines is 1. The molecule has 0 saturated heterocycles. The number of aliphatic carboxylic acids is 1. The number of aryl methyl sites for hydroxylation is 1. The van der Waals surface area contributed by atoms with E-state index in [1.165, 1.54) is 0 Å². The summed E-state index contributed by atoms with van der Waals surface area (Å²) < 4.78 is 0.880. The second kappa shape index (κ2) is 6.39. The van der Waals surface area contributed by atoms with Crippen LogP contribution in [0, 0.1) is 6.92 Å². The Kier molecular flexibility index (Phi) is 5.15. The number of hydrogen-bond donors (Lipinski definition) is 3. The average Bonchev–Trinajstić information content (AvgIpc) is 2.30. The first-order chi connectivity index (χ1) is 8.43. The third kappa shape index (κ3) is 4.03. The molecule has 1 rings (SSSR count). The van der Waals surface area contributed by atoms with Crippen molar-refractivity contribution in [1.82, 2.24) is 5.32 Å². The van der Waals surface area contributed by atoms with Crippen molar-refractivity contribution in [3.8, 4) is 0 Å². The van der Waals surface area contributed by atoms with Crippen LogP contribution in [0.1, 0.15) is 18.9 Å². The number of carboxylic acids is 1. The van der Waals surface area contributed by atoms with Crippen molar-refractivity contribution in [3.05, 3.63) is 28.2 Å². The molecule has 0 unspecified atom stereocenters. The maximum absolute atomic E-state index is 11.6. The molecule has 18 heavy (non-hydrogen) atoms. The molecule has 0 aliphatic heterocycles. The van der Waals surface area contributed by atoms with E-state index in [1.54, 1.807) is 19.1 Å². The molecule has 0 bridgehead atoms. The van der Waals surface area contributed by atoms with Crippen molar-refractivity contribution < 1.29 is 14.7 Å². The summed E-state index contributed by atoms with van der Waals surface area (Å²) in [5.74, 6) is -1.04. The van der Waals surface area contributed by atoms with Crippen LogP contribution in [-0.2, 0) is 4.79 Å². The van der Waals surface area contributed by atoms with Crippen LogP contribution in [0.4, 0.5) is 10.5 Å². The molecule has 3 N–H and O–H groups in total. The van der Waals surface area contributed by atoms with E-state index in [9.17, 15) is 9.59 Å². The predicted octanol–water partition coefficient (Wildman–Crippen LogP) is 2.74. The Hall–Kier alpha value is -1.56. The molecule has 0 aliphatic rings. The molecule has 98 valence electrons. The molecule has 0 spiro atoms. The molecular weight excluding hydrogens is 300 g/mol. The first-order valence-corrected chi connectivity index (χ1v) is 6.29. The lowest BCUT2D eigenvalue weighted by atomic mass is 10.2. The lowest BCUT2D eigenvalue weighted by molar-refractivity contribution is -0.139. The van der Waals surface area contributed by atoms with Crippen molar-refractivity contribution in [2.75, 3.05) is 5.32 Å². The minimum atomic E-state index is -1.04. The maximum atomic E-state index is 11.6. The standard InChI is InChI=1S/C12H15BrN2O3/c1-3-10(11(16)17)15-12(18)14-8-5-4-7(2)9(13)6-8/h4-6,10H,3H2,1-2H3,(H,16,17)(H2,14,15,18)/t10-/m0/s1. The fraction of sp³-hybridized carbons (Fsp3) is 0.333. The van der Waals surface area contributed by atoms with Gasteiger partial charge in [0.15, 0.2) is 0 Å². The van der Waals surface area contributed by atoms with E-state index < -0.39 is 18.0 Å². The predicted molar refractivity (Wildman–Crippen MR) is 72.7 cm³/mol. The topological polar surface area (TPSA) is 78.4 Å². The van der Waals surface area contributed by atoms with Gasteiger partial charge >= 0.3 is 12.0 Å². The van der Waals surface area contributed by atoms with E-state index in [1.807, 2.05) is 13.0 Å². The number of nitrogens with one attached hydrogen (secondary N) is 2. The van der Waals surface area contributed by atoms with Gasteiger partial charge in [-0.25, -0.2) is 9.59 Å². The summed E-state index contributed by atoms with van der Waals surface area (Å²) in [4.78, 5) is 22.3. The highest BCUT2D eigenvalue weighted by molar-refractivity contribution is 9.10. The fourth-order valence-electron chi connectivity index (χ4n) is 1.33. The normalized spacial score (nSPS) is 11.7. The van der Waals surface area contributed by atoms with E-state index in [0.29, 0.717) is 12.1 Å². The zero-order chi connectivity index (χ0) is 13.7. The number of benzene rings is 1. The fourth-order valence-corrected chi connectivity index (χ4v) is 1.71. The van der Waals surface area contributed by atoms with E-state index in [0.717, 1.165) is 10.0 Å². The molecule has 0 heterocycles. The number of hydrogen-bond acceptors (Lipinski definition) is 2. The highest BCUT2D eigenvalue weighted by atomic mass is 79.9. The van der Waals surface area contributed by atoms with Crippen molar-refractivity contribution in [3.63, 3.8) is 0 Å². The minimum Gasteiger partial charge on any atom is -0.480 e.